The second-order valence-electron chi connectivity index (χ2n) is 2.59. The van der Waals surface area contributed by atoms with E-state index in [-0.39, 0.29) is 0 Å². The van der Waals surface area contributed by atoms with Crippen molar-refractivity contribution in [1.82, 2.24) is 9.97 Å². The van der Waals surface area contributed by atoms with E-state index in [0.29, 0.717) is 6.54 Å². The minimum absolute atomic E-state index is 0.443. The van der Waals surface area contributed by atoms with Gasteiger partial charge in [0.15, 0.2) is 0 Å². The summed E-state index contributed by atoms with van der Waals surface area (Å²) in [5, 5.41) is 0. The SMILES string of the molecule is CCN(C)c1cncc(CN)n1. The Kier molecular flexibility index (Phi) is 2.99. The second kappa shape index (κ2) is 4.01. The zero-order valence-electron chi connectivity index (χ0n) is 7.49. The molecule has 0 amide bonds. The van der Waals surface area contributed by atoms with E-state index in [1.54, 1.807) is 12.4 Å². The topological polar surface area (TPSA) is 55.0 Å². The molecule has 4 nitrogen and oxygen atoms in total. The molecule has 0 atom stereocenters. The fraction of sp³-hybridized carbons (Fsp3) is 0.500. The molecule has 0 radical (unpaired) electrons. The number of hydrogen-bond acceptors (Lipinski definition) is 4. The highest BCUT2D eigenvalue weighted by Crippen LogP contribution is 2.05. The maximum Gasteiger partial charge on any atom is 0.147 e. The maximum absolute atomic E-state index is 5.44. The zero-order valence-corrected chi connectivity index (χ0v) is 7.49. The summed E-state index contributed by atoms with van der Waals surface area (Å²) in [5.41, 5.74) is 6.27. The minimum Gasteiger partial charge on any atom is -0.359 e. The van der Waals surface area contributed by atoms with Crippen molar-refractivity contribution in [3.05, 3.63) is 18.1 Å². The summed E-state index contributed by atoms with van der Waals surface area (Å²) in [7, 11) is 1.98. The Hall–Kier alpha value is -1.16. The van der Waals surface area contributed by atoms with Crippen molar-refractivity contribution in [2.75, 3.05) is 18.5 Å². The molecule has 0 aliphatic heterocycles. The van der Waals surface area contributed by atoms with Crippen LogP contribution < -0.4 is 10.6 Å². The van der Waals surface area contributed by atoms with Crippen LogP contribution in [0.3, 0.4) is 0 Å². The Labute approximate surface area is 72.4 Å². The largest absolute Gasteiger partial charge is 0.359 e. The highest BCUT2D eigenvalue weighted by atomic mass is 15.2. The van der Waals surface area contributed by atoms with Gasteiger partial charge >= 0.3 is 0 Å². The Morgan fingerprint density at radius 2 is 2.25 bits per heavy atom. The van der Waals surface area contributed by atoms with Crippen LogP contribution in [0.5, 0.6) is 0 Å². The van der Waals surface area contributed by atoms with Gasteiger partial charge in [0.2, 0.25) is 0 Å². The lowest BCUT2D eigenvalue weighted by Gasteiger charge is -2.14. The van der Waals surface area contributed by atoms with Crippen LogP contribution >= 0.6 is 0 Å². The Morgan fingerprint density at radius 1 is 1.50 bits per heavy atom. The fourth-order valence-electron chi connectivity index (χ4n) is 0.839. The highest BCUT2D eigenvalue weighted by Gasteiger charge is 2.00. The van der Waals surface area contributed by atoms with E-state index in [0.717, 1.165) is 18.1 Å². The molecule has 0 saturated heterocycles. The lowest BCUT2D eigenvalue weighted by Crippen LogP contribution is -2.18. The molecule has 0 aromatic carbocycles. The third kappa shape index (κ3) is 1.92. The number of nitrogens with two attached hydrogens (primary N) is 1. The lowest BCUT2D eigenvalue weighted by atomic mass is 10.4. The fourth-order valence-corrected chi connectivity index (χ4v) is 0.839. The van der Waals surface area contributed by atoms with Crippen LogP contribution in [0.15, 0.2) is 12.4 Å². The van der Waals surface area contributed by atoms with Crippen molar-refractivity contribution in [2.24, 2.45) is 5.73 Å². The van der Waals surface area contributed by atoms with Gasteiger partial charge in [0.05, 0.1) is 11.9 Å². The van der Waals surface area contributed by atoms with E-state index in [1.807, 2.05) is 11.9 Å². The summed E-state index contributed by atoms with van der Waals surface area (Å²) in [6.45, 7) is 3.43. The molecule has 0 aliphatic rings. The van der Waals surface area contributed by atoms with E-state index in [4.69, 9.17) is 5.73 Å². The molecule has 0 bridgehead atoms. The van der Waals surface area contributed by atoms with Crippen LogP contribution in [0.25, 0.3) is 0 Å². The first-order valence-corrected chi connectivity index (χ1v) is 4.00. The molecule has 0 spiro atoms. The van der Waals surface area contributed by atoms with E-state index in [2.05, 4.69) is 16.9 Å². The van der Waals surface area contributed by atoms with Gasteiger partial charge in [-0.1, -0.05) is 0 Å². The monoisotopic (exact) mass is 166 g/mol. The molecule has 4 heteroatoms. The summed E-state index contributed by atoms with van der Waals surface area (Å²) < 4.78 is 0. The van der Waals surface area contributed by atoms with Crippen LogP contribution in [0, 0.1) is 0 Å². The highest BCUT2D eigenvalue weighted by molar-refractivity contribution is 5.34. The van der Waals surface area contributed by atoms with E-state index < -0.39 is 0 Å². The van der Waals surface area contributed by atoms with Crippen molar-refractivity contribution in [2.45, 2.75) is 13.5 Å². The van der Waals surface area contributed by atoms with Gasteiger partial charge in [-0.05, 0) is 6.92 Å². The number of hydrogen-bond donors (Lipinski definition) is 1. The molecule has 12 heavy (non-hydrogen) atoms. The van der Waals surface area contributed by atoms with Crippen LogP contribution in [-0.4, -0.2) is 23.6 Å². The number of rotatable bonds is 3. The normalized spacial score (nSPS) is 9.92. The predicted octanol–water partition coefficient (Wildman–Crippen LogP) is 0.391. The van der Waals surface area contributed by atoms with Gasteiger partial charge in [-0.15, -0.1) is 0 Å². The average Bonchev–Trinajstić information content (AvgIpc) is 2.17. The van der Waals surface area contributed by atoms with E-state index in [1.165, 1.54) is 0 Å². The molecule has 1 aromatic heterocycles. The number of nitrogens with zero attached hydrogens (tertiary/aromatic N) is 3. The predicted molar refractivity (Wildman–Crippen MR) is 48.9 cm³/mol. The standard InChI is InChI=1S/C8H14N4/c1-3-12(2)8-6-10-5-7(4-9)11-8/h5-6H,3-4,9H2,1-2H3. The van der Waals surface area contributed by atoms with Gasteiger partial charge < -0.3 is 10.6 Å². The van der Waals surface area contributed by atoms with E-state index in [9.17, 15) is 0 Å². The van der Waals surface area contributed by atoms with Crippen LogP contribution in [-0.2, 0) is 6.54 Å². The van der Waals surface area contributed by atoms with Crippen molar-refractivity contribution in [3.63, 3.8) is 0 Å². The molecule has 2 N–H and O–H groups in total. The molecule has 0 saturated carbocycles. The van der Waals surface area contributed by atoms with Crippen molar-refractivity contribution >= 4 is 5.82 Å². The molecule has 1 rings (SSSR count). The third-order valence-electron chi connectivity index (χ3n) is 1.75. The molecule has 0 unspecified atom stereocenters. The zero-order chi connectivity index (χ0) is 8.97. The van der Waals surface area contributed by atoms with Crippen molar-refractivity contribution < 1.29 is 0 Å². The average molecular weight is 166 g/mol. The smallest absolute Gasteiger partial charge is 0.147 e. The van der Waals surface area contributed by atoms with Gasteiger partial charge in [0, 0.05) is 26.3 Å². The number of anilines is 1. The van der Waals surface area contributed by atoms with Crippen LogP contribution in [0.4, 0.5) is 5.82 Å². The van der Waals surface area contributed by atoms with Gasteiger partial charge in [0.1, 0.15) is 5.82 Å². The summed E-state index contributed by atoms with van der Waals surface area (Å²) in [4.78, 5) is 10.4. The first-order chi connectivity index (χ1) is 5.77. The van der Waals surface area contributed by atoms with Gasteiger partial charge in [-0.25, -0.2) is 4.98 Å². The minimum atomic E-state index is 0.443. The number of aromatic nitrogens is 2. The molecule has 66 valence electrons. The van der Waals surface area contributed by atoms with Crippen molar-refractivity contribution in [3.8, 4) is 0 Å². The molecular weight excluding hydrogens is 152 g/mol. The molecule has 1 aromatic rings. The van der Waals surface area contributed by atoms with Gasteiger partial charge in [-0.3, -0.25) is 4.98 Å². The Morgan fingerprint density at radius 3 is 2.83 bits per heavy atom. The lowest BCUT2D eigenvalue weighted by molar-refractivity contribution is 0.890. The van der Waals surface area contributed by atoms with Crippen LogP contribution in [0.2, 0.25) is 0 Å². The summed E-state index contributed by atoms with van der Waals surface area (Å²) in [6, 6.07) is 0. The molecular formula is C8H14N4. The summed E-state index contributed by atoms with van der Waals surface area (Å²) in [5.74, 6) is 0.875. The molecule has 0 fully saturated rings. The second-order valence-corrected chi connectivity index (χ2v) is 2.59. The van der Waals surface area contributed by atoms with Crippen molar-refractivity contribution in [1.29, 1.82) is 0 Å². The summed E-state index contributed by atoms with van der Waals surface area (Å²) >= 11 is 0. The first kappa shape index (κ1) is 8.93. The van der Waals surface area contributed by atoms with Gasteiger partial charge in [0.25, 0.3) is 0 Å². The van der Waals surface area contributed by atoms with Gasteiger partial charge in [-0.2, -0.15) is 0 Å². The quantitative estimate of drug-likeness (QED) is 0.705. The first-order valence-electron chi connectivity index (χ1n) is 4.00. The Balaban J connectivity index is 2.86. The molecule has 0 aliphatic carbocycles. The molecule has 1 heterocycles. The van der Waals surface area contributed by atoms with E-state index >= 15 is 0 Å². The van der Waals surface area contributed by atoms with Crippen LogP contribution in [0.1, 0.15) is 12.6 Å². The summed E-state index contributed by atoms with van der Waals surface area (Å²) in [6.07, 6.45) is 3.43. The third-order valence-corrected chi connectivity index (χ3v) is 1.75. The Bertz CT molecular complexity index is 249. The maximum atomic E-state index is 5.44.